The molecule has 1 aliphatic carbocycles. The average Bonchev–Trinajstić information content (AvgIpc) is 3.36. The van der Waals surface area contributed by atoms with Crippen LogP contribution in [0.3, 0.4) is 0 Å². The van der Waals surface area contributed by atoms with E-state index in [0.29, 0.717) is 18.3 Å². The van der Waals surface area contributed by atoms with Gasteiger partial charge in [-0.1, -0.05) is 25.0 Å². The topological polar surface area (TPSA) is 92.0 Å². The molecule has 7 heteroatoms. The quantitative estimate of drug-likeness (QED) is 0.464. The van der Waals surface area contributed by atoms with E-state index in [1.165, 1.54) is 38.8 Å². The Bertz CT molecular complexity index is 673. The van der Waals surface area contributed by atoms with Crippen molar-refractivity contribution in [3.05, 3.63) is 29.8 Å². The molecule has 1 amide bonds. The monoisotopic (exact) mass is 387 g/mol. The van der Waals surface area contributed by atoms with Crippen molar-refractivity contribution in [2.24, 2.45) is 16.6 Å². The maximum atomic E-state index is 10.9. The Morgan fingerprint density at radius 3 is 2.89 bits per heavy atom. The van der Waals surface area contributed by atoms with Gasteiger partial charge in [-0.2, -0.15) is 0 Å². The van der Waals surface area contributed by atoms with E-state index in [9.17, 15) is 4.79 Å². The van der Waals surface area contributed by atoms with Gasteiger partial charge in [0.15, 0.2) is 12.6 Å². The first kappa shape index (κ1) is 20.5. The van der Waals surface area contributed by atoms with Crippen LogP contribution in [0.2, 0.25) is 0 Å². The molecule has 2 aliphatic rings. The number of benzene rings is 1. The van der Waals surface area contributed by atoms with Crippen molar-refractivity contribution in [1.29, 1.82) is 0 Å². The summed E-state index contributed by atoms with van der Waals surface area (Å²) in [6.07, 6.45) is 6.78. The summed E-state index contributed by atoms with van der Waals surface area (Å²) in [7, 11) is 1.80. The smallest absolute Gasteiger partial charge is 0.255 e. The molecule has 2 fully saturated rings. The highest BCUT2D eigenvalue weighted by molar-refractivity contribution is 5.80. The first-order chi connectivity index (χ1) is 13.6. The van der Waals surface area contributed by atoms with Crippen LogP contribution >= 0.6 is 0 Å². The normalized spacial score (nSPS) is 21.0. The molecule has 1 unspecified atom stereocenters. The molecule has 7 nitrogen and oxygen atoms in total. The van der Waals surface area contributed by atoms with Crippen LogP contribution in [0.1, 0.15) is 37.7 Å². The fraction of sp³-hybridized carbons (Fsp3) is 0.619. The number of nitrogens with zero attached hydrogens (tertiary/aromatic N) is 2. The molecule has 0 bridgehead atoms. The predicted octanol–water partition coefficient (Wildman–Crippen LogP) is 1.48. The third kappa shape index (κ3) is 6.41. The van der Waals surface area contributed by atoms with Crippen molar-refractivity contribution >= 4 is 11.9 Å². The molecule has 1 aromatic carbocycles. The predicted molar refractivity (Wildman–Crippen MR) is 111 cm³/mol. The van der Waals surface area contributed by atoms with E-state index in [0.717, 1.165) is 30.4 Å². The van der Waals surface area contributed by atoms with Crippen molar-refractivity contribution in [1.82, 2.24) is 15.5 Å². The second-order valence-corrected chi connectivity index (χ2v) is 7.87. The number of hydrogen-bond acceptors (Lipinski definition) is 4. The number of guanidine groups is 1. The van der Waals surface area contributed by atoms with E-state index >= 15 is 0 Å². The lowest BCUT2D eigenvalue weighted by Gasteiger charge is -2.21. The van der Waals surface area contributed by atoms with Gasteiger partial charge in [-0.25, -0.2) is 0 Å². The summed E-state index contributed by atoms with van der Waals surface area (Å²) in [5.74, 6) is 1.88. The van der Waals surface area contributed by atoms with Crippen molar-refractivity contribution in [3.8, 4) is 5.75 Å². The van der Waals surface area contributed by atoms with E-state index in [1.807, 2.05) is 24.3 Å². The van der Waals surface area contributed by atoms with Gasteiger partial charge in [-0.3, -0.25) is 9.79 Å². The third-order valence-electron chi connectivity index (χ3n) is 5.57. The van der Waals surface area contributed by atoms with Crippen molar-refractivity contribution in [3.63, 3.8) is 0 Å². The van der Waals surface area contributed by atoms with Gasteiger partial charge < -0.3 is 26.0 Å². The molecular formula is C21H33N5O2. The largest absolute Gasteiger partial charge is 0.484 e. The number of rotatable bonds is 8. The summed E-state index contributed by atoms with van der Waals surface area (Å²) in [5.41, 5.74) is 6.18. The molecule has 1 heterocycles. The first-order valence-corrected chi connectivity index (χ1v) is 10.3. The van der Waals surface area contributed by atoms with Crippen LogP contribution < -0.4 is 21.1 Å². The number of nitrogens with one attached hydrogen (secondary N) is 2. The Hall–Kier alpha value is -2.28. The Labute approximate surface area is 167 Å². The van der Waals surface area contributed by atoms with Crippen molar-refractivity contribution < 1.29 is 9.53 Å². The molecule has 1 saturated carbocycles. The lowest BCUT2D eigenvalue weighted by molar-refractivity contribution is -0.119. The molecular weight excluding hydrogens is 354 g/mol. The zero-order valence-corrected chi connectivity index (χ0v) is 16.8. The van der Waals surface area contributed by atoms with Gasteiger partial charge in [0.25, 0.3) is 5.91 Å². The highest BCUT2D eigenvalue weighted by Crippen LogP contribution is 2.26. The molecule has 28 heavy (non-hydrogen) atoms. The summed E-state index contributed by atoms with van der Waals surface area (Å²) in [5, 5.41) is 6.92. The lowest BCUT2D eigenvalue weighted by atomic mass is 10.1. The maximum absolute atomic E-state index is 10.9. The van der Waals surface area contributed by atoms with Gasteiger partial charge in [0.05, 0.1) is 0 Å². The van der Waals surface area contributed by atoms with Gasteiger partial charge >= 0.3 is 0 Å². The molecule has 3 rings (SSSR count). The summed E-state index contributed by atoms with van der Waals surface area (Å²) < 4.78 is 5.36. The fourth-order valence-electron chi connectivity index (χ4n) is 4.15. The number of hydrogen-bond donors (Lipinski definition) is 3. The summed E-state index contributed by atoms with van der Waals surface area (Å²) >= 11 is 0. The fourth-order valence-corrected chi connectivity index (χ4v) is 4.15. The number of likely N-dealkylation sites (tertiary alicyclic amines) is 1. The molecule has 1 saturated heterocycles. The summed E-state index contributed by atoms with van der Waals surface area (Å²) in [6, 6.07) is 8.08. The average molecular weight is 388 g/mol. The van der Waals surface area contributed by atoms with Gasteiger partial charge in [-0.15, -0.1) is 0 Å². The maximum Gasteiger partial charge on any atom is 0.255 e. The van der Waals surface area contributed by atoms with Crippen molar-refractivity contribution in [2.45, 2.75) is 44.7 Å². The van der Waals surface area contributed by atoms with Gasteiger partial charge in [0, 0.05) is 39.3 Å². The van der Waals surface area contributed by atoms with Crippen LogP contribution in [0.4, 0.5) is 0 Å². The number of nitrogens with two attached hydrogens (primary N) is 1. The molecule has 1 atom stereocenters. The Morgan fingerprint density at radius 2 is 2.14 bits per heavy atom. The summed E-state index contributed by atoms with van der Waals surface area (Å²) in [6.45, 7) is 4.03. The number of primary amides is 1. The van der Waals surface area contributed by atoms with Crippen LogP contribution in [0.25, 0.3) is 0 Å². The highest BCUT2D eigenvalue weighted by Gasteiger charge is 2.26. The Balaban J connectivity index is 1.42. The molecule has 0 radical (unpaired) electrons. The van der Waals surface area contributed by atoms with Gasteiger partial charge in [0.1, 0.15) is 5.75 Å². The first-order valence-electron chi connectivity index (χ1n) is 10.3. The molecule has 154 valence electrons. The van der Waals surface area contributed by atoms with Crippen LogP contribution in [-0.4, -0.2) is 56.1 Å². The second-order valence-electron chi connectivity index (χ2n) is 7.87. The van der Waals surface area contributed by atoms with Crippen LogP contribution in [0, 0.1) is 5.92 Å². The van der Waals surface area contributed by atoms with E-state index in [-0.39, 0.29) is 6.61 Å². The van der Waals surface area contributed by atoms with Crippen LogP contribution in [-0.2, 0) is 11.3 Å². The number of carbonyl (C=O) groups excluding carboxylic acids is 1. The SMILES string of the molecule is CN=C(NCc1cccc(OCC(N)=O)c1)NC1CCN(CC2CCCC2)C1. The molecule has 0 spiro atoms. The minimum absolute atomic E-state index is 0.112. The highest BCUT2D eigenvalue weighted by atomic mass is 16.5. The molecule has 0 aromatic heterocycles. The zero-order valence-electron chi connectivity index (χ0n) is 16.8. The van der Waals surface area contributed by atoms with Gasteiger partial charge in [0.2, 0.25) is 0 Å². The third-order valence-corrected chi connectivity index (χ3v) is 5.57. The zero-order chi connectivity index (χ0) is 19.8. The summed E-state index contributed by atoms with van der Waals surface area (Å²) in [4.78, 5) is 17.8. The minimum Gasteiger partial charge on any atom is -0.484 e. The second kappa shape index (κ2) is 10.3. The Morgan fingerprint density at radius 1 is 1.32 bits per heavy atom. The van der Waals surface area contributed by atoms with Gasteiger partial charge in [-0.05, 0) is 42.9 Å². The standard InChI is InChI=1S/C21H33N5O2/c1-23-21(24-12-17-7-4-8-19(11-17)28-15-20(22)27)25-18-9-10-26(14-18)13-16-5-2-3-6-16/h4,7-8,11,16,18H,2-3,5-6,9-10,12-15H2,1H3,(H2,22,27)(H2,23,24,25). The van der Waals surface area contributed by atoms with E-state index < -0.39 is 5.91 Å². The number of amides is 1. The van der Waals surface area contributed by atoms with E-state index in [1.54, 1.807) is 7.05 Å². The van der Waals surface area contributed by atoms with E-state index in [2.05, 4.69) is 20.5 Å². The lowest BCUT2D eigenvalue weighted by Crippen LogP contribution is -2.44. The minimum atomic E-state index is -0.480. The van der Waals surface area contributed by atoms with E-state index in [4.69, 9.17) is 10.5 Å². The number of ether oxygens (including phenoxy) is 1. The molecule has 1 aromatic rings. The van der Waals surface area contributed by atoms with Crippen molar-refractivity contribution in [2.75, 3.05) is 33.3 Å². The number of aliphatic imine (C=N–C) groups is 1. The van der Waals surface area contributed by atoms with Crippen LogP contribution in [0.15, 0.2) is 29.3 Å². The molecule has 1 aliphatic heterocycles. The molecule has 4 N–H and O–H groups in total. The number of carbonyl (C=O) groups is 1. The Kier molecular flexibility index (Phi) is 7.54. The van der Waals surface area contributed by atoms with Crippen LogP contribution in [0.5, 0.6) is 5.75 Å².